The van der Waals surface area contributed by atoms with Crippen LogP contribution in [-0.2, 0) is 16.0 Å². The molecule has 1 atom stereocenters. The molecule has 0 bridgehead atoms. The van der Waals surface area contributed by atoms with Crippen molar-refractivity contribution in [3.63, 3.8) is 0 Å². The Bertz CT molecular complexity index is 995. The molecule has 10 heteroatoms. The van der Waals surface area contributed by atoms with E-state index in [1.54, 1.807) is 24.3 Å². The Kier molecular flexibility index (Phi) is 8.94. The third-order valence-electron chi connectivity index (χ3n) is 4.99. The first kappa shape index (κ1) is 24.5. The molecule has 3 rings (SSSR count). The number of nitrogens with zero attached hydrogens (tertiary/aromatic N) is 2. The lowest BCUT2D eigenvalue weighted by Gasteiger charge is -2.28. The molecule has 1 heterocycles. The van der Waals surface area contributed by atoms with Crippen molar-refractivity contribution in [1.29, 1.82) is 5.26 Å². The molecule has 168 valence electrons. The molecule has 0 aromatic heterocycles. The van der Waals surface area contributed by atoms with E-state index in [1.165, 1.54) is 0 Å². The molecule has 1 aliphatic rings. The second kappa shape index (κ2) is 11.7. The summed E-state index contributed by atoms with van der Waals surface area (Å²) in [7, 11) is 0. The highest BCUT2D eigenvalue weighted by molar-refractivity contribution is 14.1. The molecule has 0 spiro atoms. The Morgan fingerprint density at radius 2 is 1.78 bits per heavy atom. The van der Waals surface area contributed by atoms with Crippen molar-refractivity contribution in [2.24, 2.45) is 0 Å². The van der Waals surface area contributed by atoms with E-state index in [4.69, 9.17) is 10.00 Å². The number of nitrogens with one attached hydrogen (secondary N) is 2. The maximum absolute atomic E-state index is 12.9. The number of phenols is 1. The van der Waals surface area contributed by atoms with Gasteiger partial charge >= 0.3 is 0 Å². The zero-order chi connectivity index (χ0) is 23.1. The van der Waals surface area contributed by atoms with Gasteiger partial charge in [0.05, 0.1) is 26.4 Å². The predicted octanol–water partition coefficient (Wildman–Crippen LogP) is 2.42. The lowest BCUT2D eigenvalue weighted by Crippen LogP contribution is -2.48. The fraction of sp³-hybridized carbons (Fsp3) is 0.318. The summed E-state index contributed by atoms with van der Waals surface area (Å²) >= 11 is 4.04. The molecule has 0 saturated carbocycles. The van der Waals surface area contributed by atoms with Crippen LogP contribution in [0.3, 0.4) is 0 Å². The number of amides is 2. The number of anilines is 1. The first-order valence-corrected chi connectivity index (χ1v) is 12.1. The van der Waals surface area contributed by atoms with Crippen LogP contribution in [0.1, 0.15) is 15.9 Å². The molecule has 3 N–H and O–H groups in total. The number of hydrogen-bond donors (Lipinski definition) is 3. The highest BCUT2D eigenvalue weighted by Crippen LogP contribution is 2.28. The molecule has 1 fully saturated rings. The molecule has 32 heavy (non-hydrogen) atoms. The van der Waals surface area contributed by atoms with Crippen molar-refractivity contribution < 1.29 is 19.4 Å². The summed E-state index contributed by atoms with van der Waals surface area (Å²) in [6.07, 6.45) is 0.223. The zero-order valence-electron chi connectivity index (χ0n) is 17.1. The molecular formula is C22H22I2N4O4. The predicted molar refractivity (Wildman–Crippen MR) is 137 cm³/mol. The lowest BCUT2D eigenvalue weighted by molar-refractivity contribution is -0.122. The highest BCUT2D eigenvalue weighted by atomic mass is 127. The number of carbonyl (C=O) groups excluding carboxylic acids is 2. The van der Waals surface area contributed by atoms with E-state index in [9.17, 15) is 14.7 Å². The number of morpholine rings is 1. The van der Waals surface area contributed by atoms with Gasteiger partial charge in [0.15, 0.2) is 0 Å². The maximum atomic E-state index is 12.9. The Hall–Kier alpha value is -2.11. The van der Waals surface area contributed by atoms with E-state index in [-0.39, 0.29) is 24.6 Å². The number of carbonyl (C=O) groups is 2. The number of benzene rings is 2. The minimum absolute atomic E-state index is 0.149. The van der Waals surface area contributed by atoms with Crippen LogP contribution in [0.25, 0.3) is 0 Å². The molecule has 0 aliphatic carbocycles. The summed E-state index contributed by atoms with van der Waals surface area (Å²) in [4.78, 5) is 27.7. The van der Waals surface area contributed by atoms with Gasteiger partial charge in [0.25, 0.3) is 5.91 Å². The average Bonchev–Trinajstić information content (AvgIpc) is 2.81. The maximum Gasteiger partial charge on any atom is 0.251 e. The molecule has 2 amide bonds. The fourth-order valence-electron chi connectivity index (χ4n) is 3.32. The fourth-order valence-corrected chi connectivity index (χ4v) is 5.21. The van der Waals surface area contributed by atoms with Crippen LogP contribution in [0, 0.1) is 18.5 Å². The SMILES string of the molecule is N#CCNC(=O)[C@H](Cc1cc(I)c(O)c(I)c1)NC(=O)c1ccc(N2CCOCC2)cc1. The average molecular weight is 660 g/mol. The molecule has 8 nitrogen and oxygen atoms in total. The van der Waals surface area contributed by atoms with Gasteiger partial charge in [-0.15, -0.1) is 0 Å². The molecule has 1 aliphatic heterocycles. The van der Waals surface area contributed by atoms with E-state index in [0.717, 1.165) is 24.3 Å². The van der Waals surface area contributed by atoms with Crippen LogP contribution in [-0.4, -0.2) is 55.8 Å². The Labute approximate surface area is 213 Å². The number of nitriles is 1. The minimum Gasteiger partial charge on any atom is -0.506 e. The Balaban J connectivity index is 1.74. The van der Waals surface area contributed by atoms with Crippen molar-refractivity contribution in [2.45, 2.75) is 12.5 Å². The first-order chi connectivity index (χ1) is 15.4. The topological polar surface area (TPSA) is 115 Å². The van der Waals surface area contributed by atoms with Crippen LogP contribution in [0.15, 0.2) is 36.4 Å². The zero-order valence-corrected chi connectivity index (χ0v) is 21.4. The summed E-state index contributed by atoms with van der Waals surface area (Å²) < 4.78 is 6.68. The van der Waals surface area contributed by atoms with Gasteiger partial charge < -0.3 is 25.4 Å². The molecular weight excluding hydrogens is 638 g/mol. The van der Waals surface area contributed by atoms with Crippen LogP contribution in [0.2, 0.25) is 0 Å². The molecule has 2 aromatic carbocycles. The van der Waals surface area contributed by atoms with Crippen LogP contribution in [0.4, 0.5) is 5.69 Å². The van der Waals surface area contributed by atoms with Crippen molar-refractivity contribution in [1.82, 2.24) is 10.6 Å². The number of hydrogen-bond acceptors (Lipinski definition) is 6. The summed E-state index contributed by atoms with van der Waals surface area (Å²) in [5, 5.41) is 24.1. The van der Waals surface area contributed by atoms with Crippen LogP contribution in [0.5, 0.6) is 5.75 Å². The van der Waals surface area contributed by atoms with Gasteiger partial charge in [-0.05, 0) is 87.1 Å². The van der Waals surface area contributed by atoms with E-state index in [2.05, 4.69) is 15.5 Å². The largest absolute Gasteiger partial charge is 0.506 e. The summed E-state index contributed by atoms with van der Waals surface area (Å²) in [5.74, 6) is -0.633. The van der Waals surface area contributed by atoms with Gasteiger partial charge in [0, 0.05) is 30.8 Å². The van der Waals surface area contributed by atoms with Crippen molar-refractivity contribution in [2.75, 3.05) is 37.7 Å². The molecule has 0 unspecified atom stereocenters. The monoisotopic (exact) mass is 660 g/mol. The van der Waals surface area contributed by atoms with Gasteiger partial charge in [-0.3, -0.25) is 9.59 Å². The standard InChI is InChI=1S/C22H22I2N4O4/c23-17-11-14(12-18(24)20(17)29)13-19(22(31)26-6-5-25)27-21(30)15-1-3-16(4-2-15)28-7-9-32-10-8-28/h1-4,11-12,19,29H,6-10,13H2,(H,26,31)(H,27,30)/t19-/m0/s1. The minimum atomic E-state index is -0.870. The lowest BCUT2D eigenvalue weighted by atomic mass is 10.0. The quantitative estimate of drug-likeness (QED) is 0.311. The number of aromatic hydroxyl groups is 1. The van der Waals surface area contributed by atoms with Crippen LogP contribution < -0.4 is 15.5 Å². The first-order valence-electron chi connectivity index (χ1n) is 9.94. The normalized spacial score (nSPS) is 14.3. The van der Waals surface area contributed by atoms with Crippen molar-refractivity contribution >= 4 is 62.7 Å². The third kappa shape index (κ3) is 6.46. The number of halogens is 2. The van der Waals surface area contributed by atoms with E-state index in [1.807, 2.05) is 63.4 Å². The van der Waals surface area contributed by atoms with Crippen LogP contribution >= 0.6 is 45.2 Å². The molecule has 1 saturated heterocycles. The number of ether oxygens (including phenoxy) is 1. The van der Waals surface area contributed by atoms with E-state index in [0.29, 0.717) is 25.9 Å². The Morgan fingerprint density at radius 3 is 2.38 bits per heavy atom. The second-order valence-corrected chi connectivity index (χ2v) is 9.48. The van der Waals surface area contributed by atoms with Crippen molar-refractivity contribution in [3.05, 3.63) is 54.7 Å². The second-order valence-electron chi connectivity index (χ2n) is 7.16. The molecule has 0 radical (unpaired) electrons. The number of rotatable bonds is 7. The third-order valence-corrected chi connectivity index (χ3v) is 6.63. The van der Waals surface area contributed by atoms with Crippen molar-refractivity contribution in [3.8, 4) is 11.8 Å². The summed E-state index contributed by atoms with van der Waals surface area (Å²) in [6, 6.07) is 11.8. The number of phenolic OH excluding ortho intramolecular Hbond substituents is 1. The van der Waals surface area contributed by atoms with Gasteiger partial charge in [-0.2, -0.15) is 5.26 Å². The van der Waals surface area contributed by atoms with Gasteiger partial charge in [-0.1, -0.05) is 0 Å². The van der Waals surface area contributed by atoms with E-state index >= 15 is 0 Å². The van der Waals surface area contributed by atoms with E-state index < -0.39 is 11.9 Å². The highest BCUT2D eigenvalue weighted by Gasteiger charge is 2.23. The van der Waals surface area contributed by atoms with Gasteiger partial charge in [-0.25, -0.2) is 0 Å². The summed E-state index contributed by atoms with van der Waals surface area (Å²) in [6.45, 7) is 2.81. The molecule has 2 aromatic rings. The van der Waals surface area contributed by atoms with Gasteiger partial charge in [0.1, 0.15) is 18.3 Å². The Morgan fingerprint density at radius 1 is 1.16 bits per heavy atom. The smallest absolute Gasteiger partial charge is 0.251 e. The summed E-state index contributed by atoms with van der Waals surface area (Å²) in [5.41, 5.74) is 2.24. The van der Waals surface area contributed by atoms with Gasteiger partial charge in [0.2, 0.25) is 5.91 Å².